The highest BCUT2D eigenvalue weighted by Gasteiger charge is 2.09. The van der Waals surface area contributed by atoms with Gasteiger partial charge in [0.1, 0.15) is 16.5 Å². The standard InChI is InChI=1S/C13H17N3O2S/c1-3-9-7-10-12(14-6-4-5-11(17)18)15-8(2)16-13(10)19-9/h7H,3-6H2,1-2H3,(H,17,18)(H,14,15,16). The highest BCUT2D eigenvalue weighted by molar-refractivity contribution is 7.18. The van der Waals surface area contributed by atoms with Crippen molar-refractivity contribution in [2.45, 2.75) is 33.1 Å². The molecular weight excluding hydrogens is 262 g/mol. The molecule has 2 aromatic heterocycles. The van der Waals surface area contributed by atoms with Gasteiger partial charge in [-0.3, -0.25) is 4.79 Å². The molecule has 0 aliphatic heterocycles. The summed E-state index contributed by atoms with van der Waals surface area (Å²) in [5, 5.41) is 12.9. The lowest BCUT2D eigenvalue weighted by molar-refractivity contribution is -0.137. The van der Waals surface area contributed by atoms with Crippen molar-refractivity contribution < 1.29 is 9.90 Å². The van der Waals surface area contributed by atoms with Crippen LogP contribution >= 0.6 is 11.3 Å². The molecular formula is C13H17N3O2S. The van der Waals surface area contributed by atoms with Crippen molar-refractivity contribution in [1.82, 2.24) is 9.97 Å². The molecule has 19 heavy (non-hydrogen) atoms. The maximum absolute atomic E-state index is 10.5. The normalized spacial score (nSPS) is 10.8. The summed E-state index contributed by atoms with van der Waals surface area (Å²) in [6, 6.07) is 2.11. The zero-order valence-corrected chi connectivity index (χ0v) is 11.9. The average molecular weight is 279 g/mol. The number of aromatic nitrogens is 2. The second-order valence-corrected chi connectivity index (χ2v) is 5.44. The van der Waals surface area contributed by atoms with Crippen LogP contribution in [0.3, 0.4) is 0 Å². The molecule has 6 heteroatoms. The number of nitrogens with zero attached hydrogens (tertiary/aromatic N) is 2. The lowest BCUT2D eigenvalue weighted by Gasteiger charge is -2.06. The molecule has 2 N–H and O–H groups in total. The van der Waals surface area contributed by atoms with Crippen LogP contribution in [0.25, 0.3) is 10.2 Å². The fourth-order valence-corrected chi connectivity index (χ4v) is 2.85. The van der Waals surface area contributed by atoms with E-state index in [-0.39, 0.29) is 6.42 Å². The van der Waals surface area contributed by atoms with E-state index in [1.165, 1.54) is 4.88 Å². The first kappa shape index (κ1) is 13.7. The zero-order chi connectivity index (χ0) is 13.8. The van der Waals surface area contributed by atoms with Gasteiger partial charge >= 0.3 is 5.97 Å². The van der Waals surface area contributed by atoms with E-state index in [0.717, 1.165) is 28.3 Å². The maximum Gasteiger partial charge on any atom is 0.303 e. The summed E-state index contributed by atoms with van der Waals surface area (Å²) in [6.07, 6.45) is 1.74. The summed E-state index contributed by atoms with van der Waals surface area (Å²) in [4.78, 5) is 21.6. The van der Waals surface area contributed by atoms with Crippen molar-refractivity contribution in [3.8, 4) is 0 Å². The Bertz CT molecular complexity index is 595. The van der Waals surface area contributed by atoms with E-state index in [4.69, 9.17) is 5.11 Å². The molecule has 0 amide bonds. The number of carboxylic acids is 1. The molecule has 2 heterocycles. The highest BCUT2D eigenvalue weighted by Crippen LogP contribution is 2.29. The summed E-state index contributed by atoms with van der Waals surface area (Å²) < 4.78 is 0. The maximum atomic E-state index is 10.5. The minimum Gasteiger partial charge on any atom is -0.481 e. The van der Waals surface area contributed by atoms with Crippen molar-refractivity contribution in [3.05, 3.63) is 16.8 Å². The Kier molecular flexibility index (Phi) is 4.31. The SMILES string of the molecule is CCc1cc2c(NCCCC(=O)O)nc(C)nc2s1. The summed E-state index contributed by atoms with van der Waals surface area (Å²) in [6.45, 7) is 4.59. The first-order valence-electron chi connectivity index (χ1n) is 6.33. The van der Waals surface area contributed by atoms with Gasteiger partial charge in [0.2, 0.25) is 0 Å². The second-order valence-electron chi connectivity index (χ2n) is 4.33. The Balaban J connectivity index is 2.16. The third-order valence-corrected chi connectivity index (χ3v) is 3.94. The fraction of sp³-hybridized carbons (Fsp3) is 0.462. The van der Waals surface area contributed by atoms with Crippen LogP contribution in [0.4, 0.5) is 5.82 Å². The molecule has 5 nitrogen and oxygen atoms in total. The molecule has 0 spiro atoms. The Hall–Kier alpha value is -1.69. The third-order valence-electron chi connectivity index (χ3n) is 2.76. The molecule has 102 valence electrons. The van der Waals surface area contributed by atoms with Crippen LogP contribution in [0.2, 0.25) is 0 Å². The summed E-state index contributed by atoms with van der Waals surface area (Å²) in [5.74, 6) is 0.774. The number of rotatable bonds is 6. The number of anilines is 1. The molecule has 0 unspecified atom stereocenters. The molecule has 0 aliphatic rings. The minimum absolute atomic E-state index is 0.171. The number of hydrogen-bond donors (Lipinski definition) is 2. The number of nitrogens with one attached hydrogen (secondary N) is 1. The topological polar surface area (TPSA) is 75.1 Å². The molecule has 2 aromatic rings. The van der Waals surface area contributed by atoms with Crippen LogP contribution in [-0.4, -0.2) is 27.6 Å². The van der Waals surface area contributed by atoms with Crippen LogP contribution < -0.4 is 5.32 Å². The quantitative estimate of drug-likeness (QED) is 0.795. The smallest absolute Gasteiger partial charge is 0.303 e. The Morgan fingerprint density at radius 3 is 2.95 bits per heavy atom. The van der Waals surface area contributed by atoms with E-state index in [2.05, 4.69) is 28.3 Å². The first-order chi connectivity index (χ1) is 9.10. The molecule has 0 bridgehead atoms. The van der Waals surface area contributed by atoms with E-state index < -0.39 is 5.97 Å². The van der Waals surface area contributed by atoms with Crippen molar-refractivity contribution in [1.29, 1.82) is 0 Å². The van der Waals surface area contributed by atoms with Crippen LogP contribution in [0.1, 0.15) is 30.5 Å². The monoisotopic (exact) mass is 279 g/mol. The van der Waals surface area contributed by atoms with Gasteiger partial charge in [0.05, 0.1) is 5.39 Å². The number of fused-ring (bicyclic) bond motifs is 1. The minimum atomic E-state index is -0.769. The number of hydrogen-bond acceptors (Lipinski definition) is 5. The van der Waals surface area contributed by atoms with Gasteiger partial charge in [-0.1, -0.05) is 6.92 Å². The van der Waals surface area contributed by atoms with Crippen LogP contribution in [0.15, 0.2) is 6.07 Å². The van der Waals surface area contributed by atoms with Crippen molar-refractivity contribution in [3.63, 3.8) is 0 Å². The zero-order valence-electron chi connectivity index (χ0n) is 11.1. The van der Waals surface area contributed by atoms with Gasteiger partial charge in [-0.25, -0.2) is 9.97 Å². The van der Waals surface area contributed by atoms with Crippen LogP contribution in [0, 0.1) is 6.92 Å². The van der Waals surface area contributed by atoms with E-state index >= 15 is 0 Å². The Morgan fingerprint density at radius 1 is 1.47 bits per heavy atom. The largest absolute Gasteiger partial charge is 0.481 e. The van der Waals surface area contributed by atoms with Crippen molar-refractivity contribution in [2.24, 2.45) is 0 Å². The summed E-state index contributed by atoms with van der Waals surface area (Å²) >= 11 is 1.68. The molecule has 0 atom stereocenters. The van der Waals surface area contributed by atoms with E-state index in [0.29, 0.717) is 13.0 Å². The average Bonchev–Trinajstić information content (AvgIpc) is 2.77. The van der Waals surface area contributed by atoms with Crippen molar-refractivity contribution >= 4 is 33.3 Å². The van der Waals surface area contributed by atoms with Gasteiger partial charge in [-0.15, -0.1) is 11.3 Å². The predicted molar refractivity (Wildman–Crippen MR) is 76.9 cm³/mol. The van der Waals surface area contributed by atoms with Crippen LogP contribution in [-0.2, 0) is 11.2 Å². The molecule has 0 saturated heterocycles. The Labute approximate surface area is 115 Å². The molecule has 0 radical (unpaired) electrons. The fourth-order valence-electron chi connectivity index (χ4n) is 1.83. The number of aryl methyl sites for hydroxylation is 2. The van der Waals surface area contributed by atoms with Gasteiger partial charge in [0, 0.05) is 17.8 Å². The number of thiophene rings is 1. The summed E-state index contributed by atoms with van der Waals surface area (Å²) in [7, 11) is 0. The van der Waals surface area contributed by atoms with Gasteiger partial charge in [-0.2, -0.15) is 0 Å². The summed E-state index contributed by atoms with van der Waals surface area (Å²) in [5.41, 5.74) is 0. The van der Waals surface area contributed by atoms with E-state index in [1.807, 2.05) is 6.92 Å². The molecule has 0 fully saturated rings. The predicted octanol–water partition coefficient (Wildman–Crippen LogP) is 2.84. The number of carbonyl (C=O) groups is 1. The third kappa shape index (κ3) is 3.41. The van der Waals surface area contributed by atoms with Gasteiger partial charge in [0.25, 0.3) is 0 Å². The molecule has 0 aromatic carbocycles. The lowest BCUT2D eigenvalue weighted by atomic mass is 10.3. The number of carboxylic acid groups (broad SMARTS) is 1. The second kappa shape index (κ2) is 5.97. The van der Waals surface area contributed by atoms with E-state index in [1.54, 1.807) is 11.3 Å². The first-order valence-corrected chi connectivity index (χ1v) is 7.14. The van der Waals surface area contributed by atoms with Gasteiger partial charge in [0.15, 0.2) is 0 Å². The lowest BCUT2D eigenvalue weighted by Crippen LogP contribution is -2.07. The molecule has 0 aliphatic carbocycles. The highest BCUT2D eigenvalue weighted by atomic mass is 32.1. The number of aliphatic carboxylic acids is 1. The van der Waals surface area contributed by atoms with Gasteiger partial charge < -0.3 is 10.4 Å². The Morgan fingerprint density at radius 2 is 2.26 bits per heavy atom. The van der Waals surface area contributed by atoms with Gasteiger partial charge in [-0.05, 0) is 25.8 Å². The van der Waals surface area contributed by atoms with E-state index in [9.17, 15) is 4.79 Å². The van der Waals surface area contributed by atoms with Crippen LogP contribution in [0.5, 0.6) is 0 Å². The molecule has 2 rings (SSSR count). The molecule has 0 saturated carbocycles. The van der Waals surface area contributed by atoms with Crippen molar-refractivity contribution in [2.75, 3.05) is 11.9 Å².